The van der Waals surface area contributed by atoms with Gasteiger partial charge in [0, 0.05) is 28.6 Å². The van der Waals surface area contributed by atoms with Crippen LogP contribution in [0.4, 0.5) is 0 Å². The van der Waals surface area contributed by atoms with Crippen LogP contribution in [-0.2, 0) is 4.79 Å². The van der Waals surface area contributed by atoms with Crippen molar-refractivity contribution in [3.63, 3.8) is 0 Å². The summed E-state index contributed by atoms with van der Waals surface area (Å²) >= 11 is 1.79. The zero-order chi connectivity index (χ0) is 14.0. The molecule has 2 atom stereocenters. The van der Waals surface area contributed by atoms with Crippen LogP contribution in [-0.4, -0.2) is 32.9 Å². The van der Waals surface area contributed by atoms with Crippen LogP contribution in [0.25, 0.3) is 0 Å². The van der Waals surface area contributed by atoms with Gasteiger partial charge in [0.05, 0.1) is 0 Å². The summed E-state index contributed by atoms with van der Waals surface area (Å²) in [5.74, 6) is -0.676. The molecule has 2 N–H and O–H groups in total. The summed E-state index contributed by atoms with van der Waals surface area (Å²) in [6.07, 6.45) is 9.37. The Morgan fingerprint density at radius 1 is 1.35 bits per heavy atom. The highest BCUT2D eigenvalue weighted by molar-refractivity contribution is 8.00. The molecule has 0 radical (unpaired) electrons. The third-order valence-electron chi connectivity index (χ3n) is 4.13. The van der Waals surface area contributed by atoms with E-state index in [1.54, 1.807) is 24.2 Å². The lowest BCUT2D eigenvalue weighted by Crippen LogP contribution is -2.56. The molecule has 4 nitrogen and oxygen atoms in total. The van der Waals surface area contributed by atoms with E-state index >= 15 is 0 Å². The first-order valence-electron chi connectivity index (χ1n) is 7.26. The predicted octanol–water partition coefficient (Wildman–Crippen LogP) is 2.69. The number of hydrogen-bond acceptors (Lipinski definition) is 4. The van der Waals surface area contributed by atoms with Crippen LogP contribution in [0.15, 0.2) is 29.4 Å². The Morgan fingerprint density at radius 3 is 2.75 bits per heavy atom. The fourth-order valence-corrected chi connectivity index (χ4v) is 4.26. The van der Waals surface area contributed by atoms with E-state index in [0.29, 0.717) is 17.7 Å². The molecular formula is C15H20N2O2S. The lowest BCUT2D eigenvalue weighted by atomic mass is 9.81. The molecule has 2 saturated carbocycles. The summed E-state index contributed by atoms with van der Waals surface area (Å²) in [7, 11) is 0. The Bertz CT molecular complexity index is 478. The van der Waals surface area contributed by atoms with Gasteiger partial charge >= 0.3 is 5.97 Å². The first kappa shape index (κ1) is 13.9. The molecule has 0 bridgehead atoms. The van der Waals surface area contributed by atoms with Gasteiger partial charge in [0.2, 0.25) is 0 Å². The van der Waals surface area contributed by atoms with Crippen LogP contribution in [0.1, 0.15) is 38.5 Å². The Kier molecular flexibility index (Phi) is 3.98. The maximum Gasteiger partial charge on any atom is 0.323 e. The molecule has 0 aliphatic heterocycles. The van der Waals surface area contributed by atoms with E-state index in [9.17, 15) is 9.90 Å². The lowest BCUT2D eigenvalue weighted by molar-refractivity contribution is -0.146. The maximum absolute atomic E-state index is 11.8. The Morgan fingerprint density at radius 2 is 2.10 bits per heavy atom. The Balaban J connectivity index is 1.69. The molecule has 0 saturated heterocycles. The Labute approximate surface area is 123 Å². The van der Waals surface area contributed by atoms with E-state index in [1.807, 2.05) is 12.1 Å². The van der Waals surface area contributed by atoms with Crippen LogP contribution >= 0.6 is 11.8 Å². The number of nitrogens with one attached hydrogen (secondary N) is 1. The van der Waals surface area contributed by atoms with Crippen LogP contribution in [0.2, 0.25) is 0 Å². The molecule has 0 spiro atoms. The predicted molar refractivity (Wildman–Crippen MR) is 78.9 cm³/mol. The third kappa shape index (κ3) is 3.15. The van der Waals surface area contributed by atoms with Crippen molar-refractivity contribution in [3.8, 4) is 0 Å². The van der Waals surface area contributed by atoms with Crippen LogP contribution in [0, 0.1) is 0 Å². The summed E-state index contributed by atoms with van der Waals surface area (Å²) in [4.78, 5) is 17.0. The van der Waals surface area contributed by atoms with Crippen LogP contribution in [0.3, 0.4) is 0 Å². The number of carboxylic acids is 1. The monoisotopic (exact) mass is 292 g/mol. The number of nitrogens with zero attached hydrogens (tertiary/aromatic N) is 1. The standard InChI is InChI=1S/C15H20N2O2S/c18-14(19)15(17-11-3-4-11)7-1-2-13(10-15)20-12-5-8-16-9-6-12/h5-6,8-9,11,13,17H,1-4,7,10H2,(H,18,19). The molecule has 108 valence electrons. The minimum atomic E-state index is -0.704. The molecule has 3 rings (SSSR count). The van der Waals surface area contributed by atoms with Gasteiger partial charge in [0.25, 0.3) is 0 Å². The van der Waals surface area contributed by atoms with Crippen molar-refractivity contribution in [2.24, 2.45) is 0 Å². The number of hydrogen-bond donors (Lipinski definition) is 2. The summed E-state index contributed by atoms with van der Waals surface area (Å²) in [5.41, 5.74) is -0.704. The number of aliphatic carboxylic acids is 1. The van der Waals surface area contributed by atoms with Gasteiger partial charge in [-0.05, 0) is 50.7 Å². The third-order valence-corrected chi connectivity index (χ3v) is 5.41. The van der Waals surface area contributed by atoms with E-state index < -0.39 is 11.5 Å². The minimum absolute atomic E-state index is 0.369. The molecular weight excluding hydrogens is 272 g/mol. The zero-order valence-electron chi connectivity index (χ0n) is 11.4. The van der Waals surface area contributed by atoms with Crippen molar-refractivity contribution < 1.29 is 9.90 Å². The first-order chi connectivity index (χ1) is 9.68. The summed E-state index contributed by atoms with van der Waals surface area (Å²) < 4.78 is 0. The number of rotatable bonds is 5. The van der Waals surface area contributed by atoms with Gasteiger partial charge < -0.3 is 5.11 Å². The number of carboxylic acid groups (broad SMARTS) is 1. The topological polar surface area (TPSA) is 62.2 Å². The van der Waals surface area contributed by atoms with Crippen molar-refractivity contribution >= 4 is 17.7 Å². The smallest absolute Gasteiger partial charge is 0.323 e. The molecule has 2 fully saturated rings. The van der Waals surface area contributed by atoms with Crippen molar-refractivity contribution in [1.82, 2.24) is 10.3 Å². The number of pyridine rings is 1. The minimum Gasteiger partial charge on any atom is -0.480 e. The molecule has 1 aromatic rings. The van der Waals surface area contributed by atoms with Gasteiger partial charge in [-0.15, -0.1) is 11.8 Å². The van der Waals surface area contributed by atoms with Crippen molar-refractivity contribution in [3.05, 3.63) is 24.5 Å². The highest BCUT2D eigenvalue weighted by Gasteiger charge is 2.46. The number of thioether (sulfide) groups is 1. The number of carbonyl (C=O) groups is 1. The highest BCUT2D eigenvalue weighted by atomic mass is 32.2. The van der Waals surface area contributed by atoms with Gasteiger partial charge in [-0.2, -0.15) is 0 Å². The molecule has 1 aromatic heterocycles. The molecule has 0 amide bonds. The number of aromatic nitrogens is 1. The van der Waals surface area contributed by atoms with E-state index in [1.165, 1.54) is 4.90 Å². The van der Waals surface area contributed by atoms with E-state index in [2.05, 4.69) is 10.3 Å². The van der Waals surface area contributed by atoms with Gasteiger partial charge in [0.15, 0.2) is 0 Å². The van der Waals surface area contributed by atoms with Crippen molar-refractivity contribution in [2.45, 2.75) is 60.3 Å². The molecule has 2 aliphatic carbocycles. The molecule has 2 aliphatic rings. The highest BCUT2D eigenvalue weighted by Crippen LogP contribution is 2.40. The SMILES string of the molecule is O=C(O)C1(NC2CC2)CCCC(Sc2ccncc2)C1. The second kappa shape index (κ2) is 5.74. The van der Waals surface area contributed by atoms with Crippen molar-refractivity contribution in [2.75, 3.05) is 0 Å². The van der Waals surface area contributed by atoms with Crippen LogP contribution < -0.4 is 5.32 Å². The largest absolute Gasteiger partial charge is 0.480 e. The van der Waals surface area contributed by atoms with Gasteiger partial charge in [-0.3, -0.25) is 15.1 Å². The quantitative estimate of drug-likeness (QED) is 0.873. The zero-order valence-corrected chi connectivity index (χ0v) is 12.2. The molecule has 20 heavy (non-hydrogen) atoms. The summed E-state index contributed by atoms with van der Waals surface area (Å²) in [5, 5.41) is 13.4. The average molecular weight is 292 g/mol. The van der Waals surface area contributed by atoms with Gasteiger partial charge in [-0.1, -0.05) is 0 Å². The summed E-state index contributed by atoms with van der Waals surface area (Å²) in [6.45, 7) is 0. The average Bonchev–Trinajstić information content (AvgIpc) is 3.24. The van der Waals surface area contributed by atoms with Crippen molar-refractivity contribution in [1.29, 1.82) is 0 Å². The first-order valence-corrected chi connectivity index (χ1v) is 8.14. The summed E-state index contributed by atoms with van der Waals surface area (Å²) in [6, 6.07) is 4.42. The molecule has 5 heteroatoms. The van der Waals surface area contributed by atoms with Crippen LogP contribution in [0.5, 0.6) is 0 Å². The Hall–Kier alpha value is -1.07. The normalized spacial score (nSPS) is 30.1. The molecule has 2 unspecified atom stereocenters. The van der Waals surface area contributed by atoms with Gasteiger partial charge in [-0.25, -0.2) is 0 Å². The van der Waals surface area contributed by atoms with Gasteiger partial charge in [0.1, 0.15) is 5.54 Å². The fraction of sp³-hybridized carbons (Fsp3) is 0.600. The second-order valence-corrected chi connectivity index (χ2v) is 7.20. The van der Waals surface area contributed by atoms with E-state index in [-0.39, 0.29) is 0 Å². The lowest BCUT2D eigenvalue weighted by Gasteiger charge is -2.38. The second-order valence-electron chi connectivity index (χ2n) is 5.82. The van der Waals surface area contributed by atoms with E-state index in [0.717, 1.165) is 32.1 Å². The maximum atomic E-state index is 11.8. The fourth-order valence-electron chi connectivity index (χ4n) is 2.94. The van der Waals surface area contributed by atoms with E-state index in [4.69, 9.17) is 0 Å². The molecule has 0 aromatic carbocycles. The molecule has 1 heterocycles.